The Bertz CT molecular complexity index is 1340. The van der Waals surface area contributed by atoms with E-state index in [0.29, 0.717) is 22.8 Å². The zero-order valence-electron chi connectivity index (χ0n) is 20.0. The van der Waals surface area contributed by atoms with Gasteiger partial charge in [0, 0.05) is 54.3 Å². The highest BCUT2D eigenvalue weighted by Crippen LogP contribution is 2.34. The number of carbonyl (C=O) groups excluding carboxylic acids is 2. The quantitative estimate of drug-likeness (QED) is 0.487. The summed E-state index contributed by atoms with van der Waals surface area (Å²) < 4.78 is 39.0. The molecule has 0 unspecified atom stereocenters. The van der Waals surface area contributed by atoms with Gasteiger partial charge in [-0.05, 0) is 55.5 Å². The predicted octanol–water partition coefficient (Wildman–Crippen LogP) is 5.28. The molecule has 0 spiro atoms. The number of nitrogens with one attached hydrogen (secondary N) is 2. The molecule has 2 N–H and O–H groups in total. The fraction of sp³-hybridized carbons (Fsp3) is 0.346. The number of aryl methyl sites for hydroxylation is 1. The number of aromatic nitrogens is 3. The molecule has 3 amide bonds. The van der Waals surface area contributed by atoms with Gasteiger partial charge in [0.1, 0.15) is 12.1 Å². The molecule has 0 bridgehead atoms. The lowest BCUT2D eigenvalue weighted by molar-refractivity contribution is -0.169. The summed E-state index contributed by atoms with van der Waals surface area (Å²) in [7, 11) is 0. The van der Waals surface area contributed by atoms with Crippen molar-refractivity contribution in [1.29, 1.82) is 0 Å². The van der Waals surface area contributed by atoms with Crippen LogP contribution in [0.1, 0.15) is 24.8 Å². The Morgan fingerprint density at radius 3 is 2.51 bits per heavy atom. The molecule has 1 aromatic carbocycles. The number of carbonyl (C=O) groups is 2. The van der Waals surface area contributed by atoms with E-state index in [1.165, 1.54) is 11.2 Å². The maximum atomic E-state index is 13.0. The molecule has 2 fully saturated rings. The summed E-state index contributed by atoms with van der Waals surface area (Å²) in [6.07, 6.45) is 2.10. The Hall–Kier alpha value is -4.02. The van der Waals surface area contributed by atoms with E-state index < -0.39 is 18.1 Å². The van der Waals surface area contributed by atoms with Gasteiger partial charge in [0.05, 0.1) is 11.6 Å². The number of benzene rings is 1. The number of rotatable bonds is 5. The Kier molecular flexibility index (Phi) is 6.53. The summed E-state index contributed by atoms with van der Waals surface area (Å²) in [5.74, 6) is -1.07. The third-order valence-electron chi connectivity index (χ3n) is 6.64. The van der Waals surface area contributed by atoms with Crippen molar-refractivity contribution in [2.75, 3.05) is 23.7 Å². The van der Waals surface area contributed by atoms with Gasteiger partial charge >= 0.3 is 12.2 Å². The monoisotopic (exact) mass is 510 g/mol. The van der Waals surface area contributed by atoms with Gasteiger partial charge in [-0.3, -0.25) is 9.78 Å². The standard InChI is InChI=1S/C26H25F3N6O2/c1-15-2-5-20(33-25(37)35-7-6-19(13-35)26(27,28)29)9-21(15)17-8-18(12-30-11-17)22-10-23(32-14-31-22)34-24(36)16-3-4-16/h2,5,8-12,14,16,19H,3-4,6-7,13H2,1H3,(H,33,37)(H,31,32,34,36)/t19-/m1/s1. The first-order valence-electron chi connectivity index (χ1n) is 12.0. The number of anilines is 2. The number of hydrogen-bond donors (Lipinski definition) is 2. The van der Waals surface area contributed by atoms with Crippen LogP contribution in [0.25, 0.3) is 22.4 Å². The Balaban J connectivity index is 1.33. The molecule has 1 saturated heterocycles. The number of hydrogen-bond acceptors (Lipinski definition) is 5. The second kappa shape index (κ2) is 9.79. The predicted molar refractivity (Wildman–Crippen MR) is 132 cm³/mol. The number of amides is 3. The Morgan fingerprint density at radius 1 is 1.00 bits per heavy atom. The molecule has 3 aromatic rings. The average Bonchev–Trinajstić information content (AvgIpc) is 3.60. The molecule has 1 aliphatic heterocycles. The fourth-order valence-electron chi connectivity index (χ4n) is 4.31. The first-order valence-corrected chi connectivity index (χ1v) is 12.0. The molecular formula is C26H25F3N6O2. The van der Waals surface area contributed by atoms with Gasteiger partial charge in [0.15, 0.2) is 0 Å². The molecule has 192 valence electrons. The average molecular weight is 511 g/mol. The second-order valence-corrected chi connectivity index (χ2v) is 9.45. The van der Waals surface area contributed by atoms with Crippen molar-refractivity contribution in [3.05, 3.63) is 54.6 Å². The zero-order chi connectivity index (χ0) is 26.2. The van der Waals surface area contributed by atoms with E-state index in [9.17, 15) is 22.8 Å². The molecule has 1 aliphatic carbocycles. The van der Waals surface area contributed by atoms with Crippen LogP contribution >= 0.6 is 0 Å². The van der Waals surface area contributed by atoms with Crippen molar-refractivity contribution in [2.45, 2.75) is 32.4 Å². The topological polar surface area (TPSA) is 100 Å². The van der Waals surface area contributed by atoms with E-state index >= 15 is 0 Å². The van der Waals surface area contributed by atoms with Crippen LogP contribution < -0.4 is 10.6 Å². The van der Waals surface area contributed by atoms with Gasteiger partial charge < -0.3 is 15.5 Å². The lowest BCUT2D eigenvalue weighted by atomic mass is 9.99. The first kappa shape index (κ1) is 24.7. The largest absolute Gasteiger partial charge is 0.393 e. The van der Waals surface area contributed by atoms with Gasteiger partial charge in [-0.25, -0.2) is 14.8 Å². The van der Waals surface area contributed by atoms with E-state index in [2.05, 4.69) is 25.6 Å². The van der Waals surface area contributed by atoms with Gasteiger partial charge in [-0.15, -0.1) is 0 Å². The number of likely N-dealkylation sites (tertiary alicyclic amines) is 1. The molecule has 2 aromatic heterocycles. The van der Waals surface area contributed by atoms with E-state index in [4.69, 9.17) is 0 Å². The molecule has 11 heteroatoms. The van der Waals surface area contributed by atoms with Crippen LogP contribution in [0.2, 0.25) is 0 Å². The minimum absolute atomic E-state index is 0.0473. The molecule has 1 atom stereocenters. The summed E-state index contributed by atoms with van der Waals surface area (Å²) in [5, 5.41) is 5.53. The smallest absolute Gasteiger partial charge is 0.324 e. The molecular weight excluding hydrogens is 485 g/mol. The highest BCUT2D eigenvalue weighted by Gasteiger charge is 2.44. The first-order chi connectivity index (χ1) is 17.7. The van der Waals surface area contributed by atoms with Crippen molar-refractivity contribution < 1.29 is 22.8 Å². The van der Waals surface area contributed by atoms with E-state index in [1.807, 2.05) is 19.1 Å². The molecule has 0 radical (unpaired) electrons. The summed E-state index contributed by atoms with van der Waals surface area (Å²) in [4.78, 5) is 38.7. The van der Waals surface area contributed by atoms with E-state index in [1.54, 1.807) is 30.6 Å². The van der Waals surface area contributed by atoms with Crippen molar-refractivity contribution in [2.24, 2.45) is 11.8 Å². The number of urea groups is 1. The summed E-state index contributed by atoms with van der Waals surface area (Å²) >= 11 is 0. The maximum Gasteiger partial charge on any atom is 0.393 e. The van der Waals surface area contributed by atoms with Crippen LogP contribution in [0, 0.1) is 18.8 Å². The highest BCUT2D eigenvalue weighted by atomic mass is 19.4. The number of halogens is 3. The molecule has 5 rings (SSSR count). The second-order valence-electron chi connectivity index (χ2n) is 9.45. The van der Waals surface area contributed by atoms with Crippen molar-refractivity contribution in [3.63, 3.8) is 0 Å². The number of pyridine rings is 1. The van der Waals surface area contributed by atoms with Crippen LogP contribution in [0.3, 0.4) is 0 Å². The van der Waals surface area contributed by atoms with Crippen LogP contribution in [0.4, 0.5) is 29.5 Å². The molecule has 8 nitrogen and oxygen atoms in total. The third kappa shape index (κ3) is 5.71. The fourth-order valence-corrected chi connectivity index (χ4v) is 4.31. The SMILES string of the molecule is Cc1ccc(NC(=O)N2CC[C@@H](C(F)(F)F)C2)cc1-c1cncc(-c2cc(NC(=O)C3CC3)ncn2)c1. The molecule has 2 aliphatic rings. The number of nitrogens with zero attached hydrogens (tertiary/aromatic N) is 4. The van der Waals surface area contributed by atoms with Gasteiger partial charge in [-0.2, -0.15) is 13.2 Å². The van der Waals surface area contributed by atoms with Crippen LogP contribution in [-0.2, 0) is 4.79 Å². The van der Waals surface area contributed by atoms with E-state index in [-0.39, 0.29) is 31.3 Å². The normalized spacial score (nSPS) is 17.5. The minimum Gasteiger partial charge on any atom is -0.324 e. The van der Waals surface area contributed by atoms with Crippen molar-refractivity contribution in [3.8, 4) is 22.4 Å². The summed E-state index contributed by atoms with van der Waals surface area (Å²) in [6.45, 7) is 1.63. The van der Waals surface area contributed by atoms with Crippen molar-refractivity contribution in [1.82, 2.24) is 19.9 Å². The molecule has 1 saturated carbocycles. The highest BCUT2D eigenvalue weighted by molar-refractivity contribution is 5.93. The van der Waals surface area contributed by atoms with Crippen molar-refractivity contribution >= 4 is 23.4 Å². The summed E-state index contributed by atoms with van der Waals surface area (Å²) in [6, 6.07) is 8.34. The Labute approximate surface area is 211 Å². The van der Waals surface area contributed by atoms with E-state index in [0.717, 1.165) is 29.5 Å². The van der Waals surface area contributed by atoms with Crippen LogP contribution in [0.5, 0.6) is 0 Å². The van der Waals surface area contributed by atoms with Gasteiger partial charge in [0.2, 0.25) is 5.91 Å². The summed E-state index contributed by atoms with van der Waals surface area (Å²) in [5.41, 5.74) is 4.27. The lowest BCUT2D eigenvalue weighted by Gasteiger charge is -2.19. The number of alkyl halides is 3. The third-order valence-corrected chi connectivity index (χ3v) is 6.64. The van der Waals surface area contributed by atoms with Crippen LogP contribution in [-0.4, -0.2) is 51.1 Å². The lowest BCUT2D eigenvalue weighted by Crippen LogP contribution is -2.35. The van der Waals surface area contributed by atoms with Gasteiger partial charge in [-0.1, -0.05) is 6.07 Å². The zero-order valence-corrected chi connectivity index (χ0v) is 20.0. The molecule has 3 heterocycles. The minimum atomic E-state index is -4.31. The Morgan fingerprint density at radius 2 is 1.78 bits per heavy atom. The van der Waals surface area contributed by atoms with Crippen LogP contribution in [0.15, 0.2) is 49.1 Å². The van der Waals surface area contributed by atoms with Gasteiger partial charge in [0.25, 0.3) is 0 Å². The maximum absolute atomic E-state index is 13.0. The molecule has 37 heavy (non-hydrogen) atoms.